The quantitative estimate of drug-likeness (QED) is 0.743. The van der Waals surface area contributed by atoms with Crippen molar-refractivity contribution in [1.29, 1.82) is 0 Å². The number of halogens is 5. The molecule has 0 bridgehead atoms. The van der Waals surface area contributed by atoms with E-state index in [1.807, 2.05) is 0 Å². The van der Waals surface area contributed by atoms with Gasteiger partial charge >= 0.3 is 0 Å². The third-order valence-corrected chi connectivity index (χ3v) is 2.86. The van der Waals surface area contributed by atoms with Crippen LogP contribution in [-0.2, 0) is 5.33 Å². The van der Waals surface area contributed by atoms with Crippen molar-refractivity contribution in [1.82, 2.24) is 4.98 Å². The molecule has 1 aromatic heterocycles. The summed E-state index contributed by atoms with van der Waals surface area (Å²) >= 11 is 14.4. The van der Waals surface area contributed by atoms with Crippen molar-refractivity contribution < 1.29 is 8.78 Å². The van der Waals surface area contributed by atoms with Crippen LogP contribution in [0.25, 0.3) is 0 Å². The molecule has 13 heavy (non-hydrogen) atoms. The molecule has 0 fully saturated rings. The van der Waals surface area contributed by atoms with Crippen molar-refractivity contribution in [2.75, 3.05) is 0 Å². The summed E-state index contributed by atoms with van der Waals surface area (Å²) in [5, 5.41) is 0.340. The van der Waals surface area contributed by atoms with Gasteiger partial charge in [-0.2, -0.15) is 0 Å². The van der Waals surface area contributed by atoms with Crippen LogP contribution in [0.3, 0.4) is 0 Å². The van der Waals surface area contributed by atoms with E-state index < -0.39 is 6.43 Å². The molecule has 1 nitrogen and oxygen atoms in total. The molecule has 0 radical (unpaired) electrons. The minimum absolute atomic E-state index is 0.0799. The Balaban J connectivity index is 3.23. The van der Waals surface area contributed by atoms with Crippen LogP contribution in [0, 0.1) is 0 Å². The Hall–Kier alpha value is 0.0700. The van der Waals surface area contributed by atoms with Crippen LogP contribution in [0.1, 0.15) is 17.7 Å². The highest BCUT2D eigenvalue weighted by Crippen LogP contribution is 2.34. The van der Waals surface area contributed by atoms with E-state index in [9.17, 15) is 8.78 Å². The van der Waals surface area contributed by atoms with E-state index in [-0.39, 0.29) is 15.6 Å². The number of rotatable bonds is 2. The zero-order valence-electron chi connectivity index (χ0n) is 6.20. The molecule has 1 aromatic rings. The molecule has 0 saturated heterocycles. The number of hydrogen-bond donors (Lipinski definition) is 0. The summed E-state index contributed by atoms with van der Waals surface area (Å²) in [6.07, 6.45) is -1.61. The number of aromatic nitrogens is 1. The molecule has 0 saturated carbocycles. The highest BCUT2D eigenvalue weighted by molar-refractivity contribution is 9.08. The van der Waals surface area contributed by atoms with E-state index in [1.165, 1.54) is 0 Å². The van der Waals surface area contributed by atoms with E-state index in [2.05, 4.69) is 20.9 Å². The standard InChI is InChI=1S/C7H4BrCl2F2N/c8-1-4-6(10)5(9)3(2-13-4)7(11)12/h2,7H,1H2. The first-order chi connectivity index (χ1) is 6.07. The summed E-state index contributed by atoms with van der Waals surface area (Å²) in [4.78, 5) is 3.74. The van der Waals surface area contributed by atoms with Crippen molar-refractivity contribution in [3.05, 3.63) is 27.5 Å². The molecule has 0 aromatic carbocycles. The lowest BCUT2D eigenvalue weighted by Crippen LogP contribution is -1.94. The summed E-state index contributed by atoms with van der Waals surface area (Å²) < 4.78 is 24.5. The van der Waals surface area contributed by atoms with Crippen molar-refractivity contribution in [2.45, 2.75) is 11.8 Å². The molecule has 0 spiro atoms. The van der Waals surface area contributed by atoms with E-state index in [4.69, 9.17) is 23.2 Å². The predicted octanol–water partition coefficient (Wildman–Crippen LogP) is 4.22. The molecular formula is C7H4BrCl2F2N. The Bertz CT molecular complexity index is 320. The molecule has 0 N–H and O–H groups in total. The molecule has 0 atom stereocenters. The second-order valence-electron chi connectivity index (χ2n) is 2.22. The van der Waals surface area contributed by atoms with E-state index >= 15 is 0 Å². The molecule has 0 aliphatic rings. The Labute approximate surface area is 92.2 Å². The third kappa shape index (κ3) is 2.30. The Kier molecular flexibility index (Phi) is 3.88. The molecule has 1 rings (SSSR count). The second kappa shape index (κ2) is 4.53. The van der Waals surface area contributed by atoms with Crippen LogP contribution in [0.5, 0.6) is 0 Å². The zero-order valence-corrected chi connectivity index (χ0v) is 9.30. The van der Waals surface area contributed by atoms with Crippen LogP contribution in [0.2, 0.25) is 10.0 Å². The molecule has 0 amide bonds. The smallest absolute Gasteiger partial charge is 0.258 e. The Morgan fingerprint density at radius 3 is 2.46 bits per heavy atom. The fraction of sp³-hybridized carbons (Fsp3) is 0.286. The highest BCUT2D eigenvalue weighted by Gasteiger charge is 2.17. The van der Waals surface area contributed by atoms with Gasteiger partial charge in [0, 0.05) is 11.5 Å². The average Bonchev–Trinajstić information content (AvgIpc) is 2.09. The molecule has 1 heterocycles. The predicted molar refractivity (Wildman–Crippen MR) is 51.8 cm³/mol. The van der Waals surface area contributed by atoms with Gasteiger partial charge in [-0.3, -0.25) is 4.98 Å². The van der Waals surface area contributed by atoms with Crippen LogP contribution >= 0.6 is 39.1 Å². The fourth-order valence-corrected chi connectivity index (χ4v) is 1.81. The number of pyridine rings is 1. The van der Waals surface area contributed by atoms with Gasteiger partial charge in [0.15, 0.2) is 0 Å². The average molecular weight is 291 g/mol. The SMILES string of the molecule is FC(F)c1cnc(CBr)c(Cl)c1Cl. The first kappa shape index (κ1) is 11.1. The molecule has 0 aliphatic heterocycles. The Morgan fingerprint density at radius 2 is 2.00 bits per heavy atom. The zero-order chi connectivity index (χ0) is 10.0. The largest absolute Gasteiger partial charge is 0.266 e. The lowest BCUT2D eigenvalue weighted by molar-refractivity contribution is 0.151. The molecule has 0 aliphatic carbocycles. The van der Waals surface area contributed by atoms with Crippen molar-refractivity contribution in [3.63, 3.8) is 0 Å². The van der Waals surface area contributed by atoms with Crippen molar-refractivity contribution in [3.8, 4) is 0 Å². The van der Waals surface area contributed by atoms with Gasteiger partial charge in [0.05, 0.1) is 21.3 Å². The maximum Gasteiger partial charge on any atom is 0.266 e. The van der Waals surface area contributed by atoms with Crippen molar-refractivity contribution in [2.24, 2.45) is 0 Å². The first-order valence-corrected chi connectivity index (χ1v) is 5.12. The van der Waals surface area contributed by atoms with Gasteiger partial charge in [-0.15, -0.1) is 0 Å². The third-order valence-electron chi connectivity index (χ3n) is 1.42. The lowest BCUT2D eigenvalue weighted by atomic mass is 10.2. The minimum Gasteiger partial charge on any atom is -0.258 e. The van der Waals surface area contributed by atoms with Crippen LogP contribution in [0.15, 0.2) is 6.20 Å². The monoisotopic (exact) mass is 289 g/mol. The summed E-state index contributed by atoms with van der Waals surface area (Å²) in [5.74, 6) is 0. The topological polar surface area (TPSA) is 12.9 Å². The second-order valence-corrected chi connectivity index (χ2v) is 3.54. The molecule has 72 valence electrons. The lowest BCUT2D eigenvalue weighted by Gasteiger charge is -2.06. The van der Waals surface area contributed by atoms with Crippen LogP contribution < -0.4 is 0 Å². The van der Waals surface area contributed by atoms with Gasteiger partial charge < -0.3 is 0 Å². The van der Waals surface area contributed by atoms with Gasteiger partial charge in [0.2, 0.25) is 0 Å². The fourth-order valence-electron chi connectivity index (χ4n) is 0.760. The van der Waals surface area contributed by atoms with Gasteiger partial charge in [0.1, 0.15) is 0 Å². The first-order valence-electron chi connectivity index (χ1n) is 3.24. The molecule has 6 heteroatoms. The highest BCUT2D eigenvalue weighted by atomic mass is 79.9. The Morgan fingerprint density at radius 1 is 1.38 bits per heavy atom. The van der Waals surface area contributed by atoms with Crippen LogP contribution in [-0.4, -0.2) is 4.98 Å². The number of hydrogen-bond acceptors (Lipinski definition) is 1. The molecule has 0 unspecified atom stereocenters. The number of alkyl halides is 3. The minimum atomic E-state index is -2.65. The van der Waals surface area contributed by atoms with E-state index in [0.717, 1.165) is 6.20 Å². The van der Waals surface area contributed by atoms with Crippen LogP contribution in [0.4, 0.5) is 8.78 Å². The summed E-state index contributed by atoms with van der Waals surface area (Å²) in [6.45, 7) is 0. The van der Waals surface area contributed by atoms with Crippen molar-refractivity contribution >= 4 is 39.1 Å². The summed E-state index contributed by atoms with van der Waals surface area (Å²) in [6, 6.07) is 0. The van der Waals surface area contributed by atoms with Gasteiger partial charge in [0.25, 0.3) is 6.43 Å². The summed E-state index contributed by atoms with van der Waals surface area (Å²) in [7, 11) is 0. The van der Waals surface area contributed by atoms with Gasteiger partial charge in [-0.1, -0.05) is 39.1 Å². The van der Waals surface area contributed by atoms with Gasteiger partial charge in [-0.25, -0.2) is 8.78 Å². The van der Waals surface area contributed by atoms with E-state index in [1.54, 1.807) is 0 Å². The normalized spacial score (nSPS) is 10.9. The van der Waals surface area contributed by atoms with Gasteiger partial charge in [-0.05, 0) is 0 Å². The summed E-state index contributed by atoms with van der Waals surface area (Å²) in [5.41, 5.74) is 0.118. The van der Waals surface area contributed by atoms with E-state index in [0.29, 0.717) is 11.0 Å². The maximum absolute atomic E-state index is 12.2. The maximum atomic E-state index is 12.2. The number of nitrogens with zero attached hydrogens (tertiary/aromatic N) is 1. The molecular weight excluding hydrogens is 287 g/mol.